The van der Waals surface area contributed by atoms with Crippen LogP contribution in [0, 0.1) is 0 Å². The highest BCUT2D eigenvalue weighted by molar-refractivity contribution is 5.81. The van der Waals surface area contributed by atoms with Crippen molar-refractivity contribution in [3.63, 3.8) is 0 Å². The summed E-state index contributed by atoms with van der Waals surface area (Å²) in [5, 5.41) is 4.54. The molecule has 0 atom stereocenters. The number of benzene rings is 2. The smallest absolute Gasteiger partial charge is 0.0751 e. The predicted octanol–water partition coefficient (Wildman–Crippen LogP) is 3.43. The zero-order valence-corrected chi connectivity index (χ0v) is 10.5. The molecule has 0 aliphatic rings. The predicted molar refractivity (Wildman–Crippen MR) is 79.9 cm³/mol. The molecule has 0 unspecified atom stereocenters. The van der Waals surface area contributed by atoms with Crippen LogP contribution in [0.1, 0.15) is 5.56 Å². The molecule has 0 spiro atoms. The van der Waals surface area contributed by atoms with Gasteiger partial charge in [0.05, 0.1) is 5.52 Å². The van der Waals surface area contributed by atoms with Crippen molar-refractivity contribution < 1.29 is 0 Å². The number of fused-ring (bicyclic) bond motifs is 1. The van der Waals surface area contributed by atoms with Crippen LogP contribution in [0.25, 0.3) is 10.9 Å². The van der Waals surface area contributed by atoms with E-state index in [-0.39, 0.29) is 0 Å². The molecule has 94 valence electrons. The third kappa shape index (κ3) is 2.50. The third-order valence-corrected chi connectivity index (χ3v) is 3.09. The van der Waals surface area contributed by atoms with E-state index in [1.807, 2.05) is 36.5 Å². The standard InChI is InChI=1S/C16H15N3/c17-14-7-2-8-15(10-14)19-11-13-5-1-4-12-6-3-9-18-16(12)13/h1-10,19H,11,17H2. The van der Waals surface area contributed by atoms with Crippen LogP contribution in [0.4, 0.5) is 11.4 Å². The van der Waals surface area contributed by atoms with Crippen LogP contribution in [-0.4, -0.2) is 4.98 Å². The van der Waals surface area contributed by atoms with Crippen LogP contribution in [-0.2, 0) is 6.54 Å². The molecule has 0 aliphatic carbocycles. The summed E-state index contributed by atoms with van der Waals surface area (Å²) in [5.74, 6) is 0. The molecule has 2 aromatic carbocycles. The fourth-order valence-corrected chi connectivity index (χ4v) is 2.16. The Morgan fingerprint density at radius 1 is 1.00 bits per heavy atom. The minimum Gasteiger partial charge on any atom is -0.399 e. The number of para-hydroxylation sites is 1. The molecule has 19 heavy (non-hydrogen) atoms. The largest absolute Gasteiger partial charge is 0.399 e. The number of aromatic nitrogens is 1. The van der Waals surface area contributed by atoms with Crippen LogP contribution < -0.4 is 11.1 Å². The lowest BCUT2D eigenvalue weighted by Crippen LogP contribution is -2.01. The van der Waals surface area contributed by atoms with Crippen molar-refractivity contribution >= 4 is 22.3 Å². The minimum atomic E-state index is 0.734. The van der Waals surface area contributed by atoms with E-state index >= 15 is 0 Å². The van der Waals surface area contributed by atoms with Crippen molar-refractivity contribution in [1.29, 1.82) is 0 Å². The number of nitrogens with one attached hydrogen (secondary N) is 1. The Hall–Kier alpha value is -2.55. The molecule has 3 heteroatoms. The van der Waals surface area contributed by atoms with Gasteiger partial charge in [-0.1, -0.05) is 30.3 Å². The van der Waals surface area contributed by atoms with E-state index in [0.717, 1.165) is 28.8 Å². The molecule has 0 fully saturated rings. The molecule has 3 rings (SSSR count). The fraction of sp³-hybridized carbons (Fsp3) is 0.0625. The molecule has 0 saturated heterocycles. The Morgan fingerprint density at radius 3 is 2.74 bits per heavy atom. The van der Waals surface area contributed by atoms with E-state index in [9.17, 15) is 0 Å². The Morgan fingerprint density at radius 2 is 1.84 bits per heavy atom. The molecule has 1 heterocycles. The van der Waals surface area contributed by atoms with E-state index in [1.54, 1.807) is 0 Å². The molecule has 0 amide bonds. The van der Waals surface area contributed by atoms with Gasteiger partial charge in [0.15, 0.2) is 0 Å². The highest BCUT2D eigenvalue weighted by Gasteiger charge is 2.01. The second-order valence-corrected chi connectivity index (χ2v) is 4.47. The molecular weight excluding hydrogens is 234 g/mol. The average molecular weight is 249 g/mol. The Balaban J connectivity index is 1.86. The van der Waals surface area contributed by atoms with Gasteiger partial charge in [0.1, 0.15) is 0 Å². The zero-order chi connectivity index (χ0) is 13.1. The molecule has 1 aromatic heterocycles. The first kappa shape index (κ1) is 11.5. The molecule has 0 saturated carbocycles. The maximum absolute atomic E-state index is 5.77. The second-order valence-electron chi connectivity index (χ2n) is 4.47. The molecule has 3 N–H and O–H groups in total. The molecule has 0 aliphatic heterocycles. The van der Waals surface area contributed by atoms with Crippen molar-refractivity contribution in [2.45, 2.75) is 6.54 Å². The number of pyridine rings is 1. The highest BCUT2D eigenvalue weighted by Crippen LogP contribution is 2.18. The first-order valence-corrected chi connectivity index (χ1v) is 6.25. The SMILES string of the molecule is Nc1cccc(NCc2cccc3cccnc23)c1. The summed E-state index contributed by atoms with van der Waals surface area (Å²) in [6.07, 6.45) is 1.83. The van der Waals surface area contributed by atoms with Gasteiger partial charge in [-0.05, 0) is 29.8 Å². The Bertz CT molecular complexity index is 702. The van der Waals surface area contributed by atoms with Crippen molar-refractivity contribution in [3.05, 3.63) is 66.4 Å². The average Bonchev–Trinajstić information content (AvgIpc) is 2.45. The topological polar surface area (TPSA) is 50.9 Å². The lowest BCUT2D eigenvalue weighted by Gasteiger charge is -2.09. The fourth-order valence-electron chi connectivity index (χ4n) is 2.16. The zero-order valence-electron chi connectivity index (χ0n) is 10.5. The lowest BCUT2D eigenvalue weighted by atomic mass is 10.1. The number of rotatable bonds is 3. The van der Waals surface area contributed by atoms with Crippen LogP contribution in [0.2, 0.25) is 0 Å². The van der Waals surface area contributed by atoms with Gasteiger partial charge >= 0.3 is 0 Å². The first-order chi connectivity index (χ1) is 9.33. The summed E-state index contributed by atoms with van der Waals surface area (Å²) in [7, 11) is 0. The van der Waals surface area contributed by atoms with Gasteiger partial charge < -0.3 is 11.1 Å². The van der Waals surface area contributed by atoms with Gasteiger partial charge in [0, 0.05) is 29.5 Å². The summed E-state index contributed by atoms with van der Waals surface area (Å²) >= 11 is 0. The Labute approximate surface area is 112 Å². The van der Waals surface area contributed by atoms with Crippen molar-refractivity contribution in [2.75, 3.05) is 11.1 Å². The summed E-state index contributed by atoms with van der Waals surface area (Å²) < 4.78 is 0. The van der Waals surface area contributed by atoms with Gasteiger partial charge in [-0.15, -0.1) is 0 Å². The summed E-state index contributed by atoms with van der Waals surface area (Å²) in [6.45, 7) is 0.734. The summed E-state index contributed by atoms with van der Waals surface area (Å²) in [6, 6.07) is 18.0. The summed E-state index contributed by atoms with van der Waals surface area (Å²) in [5.41, 5.74) is 9.78. The van der Waals surface area contributed by atoms with Crippen molar-refractivity contribution in [1.82, 2.24) is 4.98 Å². The van der Waals surface area contributed by atoms with Crippen LogP contribution in [0.15, 0.2) is 60.8 Å². The monoisotopic (exact) mass is 249 g/mol. The quantitative estimate of drug-likeness (QED) is 0.699. The minimum absolute atomic E-state index is 0.734. The third-order valence-electron chi connectivity index (χ3n) is 3.09. The second kappa shape index (κ2) is 4.98. The van der Waals surface area contributed by atoms with Crippen LogP contribution in [0.3, 0.4) is 0 Å². The highest BCUT2D eigenvalue weighted by atomic mass is 14.9. The molecule has 3 nitrogen and oxygen atoms in total. The number of nitrogens with two attached hydrogens (primary N) is 1. The van der Waals surface area contributed by atoms with Gasteiger partial charge in [0.2, 0.25) is 0 Å². The number of nitrogen functional groups attached to an aromatic ring is 1. The molecular formula is C16H15N3. The van der Waals surface area contributed by atoms with Crippen molar-refractivity contribution in [2.24, 2.45) is 0 Å². The number of nitrogens with zero attached hydrogens (tertiary/aromatic N) is 1. The van der Waals surface area contributed by atoms with E-state index in [4.69, 9.17) is 5.73 Å². The number of anilines is 2. The Kier molecular flexibility index (Phi) is 3.02. The normalized spacial score (nSPS) is 10.5. The van der Waals surface area contributed by atoms with E-state index in [2.05, 4.69) is 34.6 Å². The lowest BCUT2D eigenvalue weighted by molar-refractivity contribution is 1.15. The maximum Gasteiger partial charge on any atom is 0.0751 e. The molecule has 0 radical (unpaired) electrons. The van der Waals surface area contributed by atoms with Gasteiger partial charge in [-0.2, -0.15) is 0 Å². The van der Waals surface area contributed by atoms with Crippen LogP contribution in [0.5, 0.6) is 0 Å². The summed E-state index contributed by atoms with van der Waals surface area (Å²) in [4.78, 5) is 4.45. The number of hydrogen-bond donors (Lipinski definition) is 2. The van der Waals surface area contributed by atoms with Crippen LogP contribution >= 0.6 is 0 Å². The number of hydrogen-bond acceptors (Lipinski definition) is 3. The van der Waals surface area contributed by atoms with Gasteiger partial charge in [0.25, 0.3) is 0 Å². The maximum atomic E-state index is 5.77. The van der Waals surface area contributed by atoms with Crippen molar-refractivity contribution in [3.8, 4) is 0 Å². The molecule has 3 aromatic rings. The van der Waals surface area contributed by atoms with E-state index in [1.165, 1.54) is 5.56 Å². The van der Waals surface area contributed by atoms with Gasteiger partial charge in [-0.3, -0.25) is 4.98 Å². The first-order valence-electron chi connectivity index (χ1n) is 6.25. The van der Waals surface area contributed by atoms with Gasteiger partial charge in [-0.25, -0.2) is 0 Å². The van der Waals surface area contributed by atoms with E-state index < -0.39 is 0 Å². The molecule has 0 bridgehead atoms. The van der Waals surface area contributed by atoms with E-state index in [0.29, 0.717) is 0 Å².